The highest BCUT2D eigenvalue weighted by atomic mass is 32.2. The Kier molecular flexibility index (Phi) is 5.20. The maximum atomic E-state index is 12.9. The van der Waals surface area contributed by atoms with E-state index in [4.69, 9.17) is 5.26 Å². The molecule has 0 radical (unpaired) electrons. The number of benzene rings is 2. The van der Waals surface area contributed by atoms with Gasteiger partial charge in [-0.05, 0) is 36.8 Å². The van der Waals surface area contributed by atoms with Crippen molar-refractivity contribution in [2.75, 3.05) is 10.8 Å². The summed E-state index contributed by atoms with van der Waals surface area (Å²) in [4.78, 5) is 0.242. The summed E-state index contributed by atoms with van der Waals surface area (Å²) in [5.41, 5.74) is 2.40. The molecule has 0 heterocycles. The fraction of sp³-hybridized carbons (Fsp3) is 0.167. The van der Waals surface area contributed by atoms with Gasteiger partial charge in [0.15, 0.2) is 0 Å². The Morgan fingerprint density at radius 3 is 2.26 bits per heavy atom. The molecule has 118 valence electrons. The molecular weight excluding hydrogens is 308 g/mol. The molecule has 0 unspecified atom stereocenters. The second-order valence-corrected chi connectivity index (χ2v) is 7.00. The standard InChI is InChI=1S/C18H18N2O2S/c1-3-14-20(17-8-6-16(7-9-17)12-13-19)23(21,22)18-10-4-15(2)5-11-18/h3-11H,1,12,14H2,2H3. The lowest BCUT2D eigenvalue weighted by molar-refractivity contribution is 0.593. The minimum Gasteiger partial charge on any atom is -0.263 e. The minimum absolute atomic E-state index is 0.174. The van der Waals surface area contributed by atoms with Crippen LogP contribution in [0.2, 0.25) is 0 Å². The topological polar surface area (TPSA) is 61.2 Å². The van der Waals surface area contributed by atoms with Gasteiger partial charge in [-0.25, -0.2) is 8.42 Å². The number of rotatable bonds is 6. The third-order valence-electron chi connectivity index (χ3n) is 3.41. The predicted octanol–water partition coefficient (Wildman–Crippen LogP) is 3.44. The first-order valence-corrected chi connectivity index (χ1v) is 8.59. The van der Waals surface area contributed by atoms with Crippen molar-refractivity contribution in [2.45, 2.75) is 18.2 Å². The molecule has 0 amide bonds. The Morgan fingerprint density at radius 1 is 1.13 bits per heavy atom. The summed E-state index contributed by atoms with van der Waals surface area (Å²) in [5, 5.41) is 8.71. The van der Waals surface area contributed by atoms with Crippen LogP contribution in [-0.2, 0) is 16.4 Å². The van der Waals surface area contributed by atoms with Gasteiger partial charge in [0.1, 0.15) is 0 Å². The number of anilines is 1. The number of hydrogen-bond donors (Lipinski definition) is 0. The van der Waals surface area contributed by atoms with Gasteiger partial charge < -0.3 is 0 Å². The highest BCUT2D eigenvalue weighted by molar-refractivity contribution is 7.92. The maximum absolute atomic E-state index is 12.9. The normalized spacial score (nSPS) is 10.8. The monoisotopic (exact) mass is 326 g/mol. The summed E-state index contributed by atoms with van der Waals surface area (Å²) >= 11 is 0. The Hall–Kier alpha value is -2.58. The van der Waals surface area contributed by atoms with Gasteiger partial charge in [0.25, 0.3) is 10.0 Å². The lowest BCUT2D eigenvalue weighted by Gasteiger charge is -2.23. The Balaban J connectivity index is 2.42. The van der Waals surface area contributed by atoms with Crippen molar-refractivity contribution in [3.05, 3.63) is 72.3 Å². The molecule has 0 aliphatic heterocycles. The van der Waals surface area contributed by atoms with Gasteiger partial charge in [-0.1, -0.05) is 35.9 Å². The molecule has 23 heavy (non-hydrogen) atoms. The first-order valence-electron chi connectivity index (χ1n) is 7.15. The van der Waals surface area contributed by atoms with Gasteiger partial charge in [-0.3, -0.25) is 4.31 Å². The zero-order valence-electron chi connectivity index (χ0n) is 12.9. The smallest absolute Gasteiger partial charge is 0.263 e. The van der Waals surface area contributed by atoms with Gasteiger partial charge in [-0.2, -0.15) is 5.26 Å². The van der Waals surface area contributed by atoms with E-state index < -0.39 is 10.0 Å². The minimum atomic E-state index is -3.66. The number of aryl methyl sites for hydroxylation is 1. The summed E-state index contributed by atoms with van der Waals surface area (Å²) in [6.45, 7) is 5.73. The summed E-state index contributed by atoms with van der Waals surface area (Å²) in [7, 11) is -3.66. The molecule has 0 bridgehead atoms. The molecule has 0 saturated heterocycles. The van der Waals surface area contributed by atoms with Crippen LogP contribution >= 0.6 is 0 Å². The van der Waals surface area contributed by atoms with Crippen LogP contribution < -0.4 is 4.31 Å². The van der Waals surface area contributed by atoms with Crippen molar-refractivity contribution in [2.24, 2.45) is 0 Å². The van der Waals surface area contributed by atoms with E-state index in [0.717, 1.165) is 11.1 Å². The predicted molar refractivity (Wildman–Crippen MR) is 91.7 cm³/mol. The third kappa shape index (κ3) is 3.79. The molecule has 0 fully saturated rings. The second kappa shape index (κ2) is 7.12. The number of sulfonamides is 1. The van der Waals surface area contributed by atoms with Crippen molar-refractivity contribution in [1.82, 2.24) is 0 Å². The van der Waals surface area contributed by atoms with Crippen LogP contribution in [0.1, 0.15) is 11.1 Å². The van der Waals surface area contributed by atoms with Crippen molar-refractivity contribution in [3.8, 4) is 6.07 Å². The quantitative estimate of drug-likeness (QED) is 0.764. The van der Waals surface area contributed by atoms with Gasteiger partial charge in [0, 0.05) is 0 Å². The van der Waals surface area contributed by atoms with Crippen LogP contribution in [0, 0.1) is 18.3 Å². The average molecular weight is 326 g/mol. The molecule has 0 saturated carbocycles. The fourth-order valence-electron chi connectivity index (χ4n) is 2.17. The molecule has 0 spiro atoms. The van der Waals surface area contributed by atoms with E-state index in [2.05, 4.69) is 12.6 Å². The molecule has 2 aromatic carbocycles. The fourth-order valence-corrected chi connectivity index (χ4v) is 3.60. The largest absolute Gasteiger partial charge is 0.264 e. The van der Waals surface area contributed by atoms with E-state index in [1.165, 1.54) is 4.31 Å². The van der Waals surface area contributed by atoms with Crippen molar-refractivity contribution in [3.63, 3.8) is 0 Å². The molecule has 0 aliphatic carbocycles. The number of nitriles is 1. The van der Waals surface area contributed by atoms with Gasteiger partial charge in [0.2, 0.25) is 0 Å². The lowest BCUT2D eigenvalue weighted by Crippen LogP contribution is -2.31. The van der Waals surface area contributed by atoms with Crippen LogP contribution in [0.4, 0.5) is 5.69 Å². The molecule has 0 aromatic heterocycles. The Labute approximate surface area is 137 Å². The Morgan fingerprint density at radius 2 is 1.74 bits per heavy atom. The molecular formula is C18H18N2O2S. The van der Waals surface area contributed by atoms with E-state index >= 15 is 0 Å². The summed E-state index contributed by atoms with van der Waals surface area (Å²) in [6.07, 6.45) is 1.85. The molecule has 2 aromatic rings. The molecule has 0 atom stereocenters. The molecule has 4 nitrogen and oxygen atoms in total. The summed E-state index contributed by atoms with van der Waals surface area (Å²) in [5.74, 6) is 0. The average Bonchev–Trinajstić information content (AvgIpc) is 2.54. The maximum Gasteiger partial charge on any atom is 0.264 e. The van der Waals surface area contributed by atoms with Crippen LogP contribution in [0.15, 0.2) is 66.1 Å². The molecule has 0 aliphatic rings. The third-order valence-corrected chi connectivity index (χ3v) is 5.22. The van der Waals surface area contributed by atoms with Crippen molar-refractivity contribution < 1.29 is 8.42 Å². The lowest BCUT2D eigenvalue weighted by atomic mass is 10.1. The first-order chi connectivity index (χ1) is 11.0. The van der Waals surface area contributed by atoms with E-state index in [0.29, 0.717) is 12.1 Å². The van der Waals surface area contributed by atoms with E-state index in [1.807, 2.05) is 6.92 Å². The highest BCUT2D eigenvalue weighted by Gasteiger charge is 2.23. The van der Waals surface area contributed by atoms with E-state index in [-0.39, 0.29) is 11.4 Å². The van der Waals surface area contributed by atoms with Crippen molar-refractivity contribution >= 4 is 15.7 Å². The van der Waals surface area contributed by atoms with Gasteiger partial charge in [-0.15, -0.1) is 6.58 Å². The Bertz CT molecular complexity index is 817. The summed E-state index contributed by atoms with van der Waals surface area (Å²) in [6, 6.07) is 15.8. The van der Waals surface area contributed by atoms with E-state index in [9.17, 15) is 8.42 Å². The molecule has 2 rings (SSSR count). The summed E-state index contributed by atoms with van der Waals surface area (Å²) < 4.78 is 27.0. The number of nitrogens with zero attached hydrogens (tertiary/aromatic N) is 2. The van der Waals surface area contributed by atoms with Crippen LogP contribution in [-0.4, -0.2) is 15.0 Å². The molecule has 0 N–H and O–H groups in total. The van der Waals surface area contributed by atoms with Gasteiger partial charge >= 0.3 is 0 Å². The zero-order chi connectivity index (χ0) is 16.9. The molecule has 5 heteroatoms. The SMILES string of the molecule is C=CCN(c1ccc(CC#N)cc1)S(=O)(=O)c1ccc(C)cc1. The van der Waals surface area contributed by atoms with E-state index in [1.54, 1.807) is 54.6 Å². The van der Waals surface area contributed by atoms with Crippen molar-refractivity contribution in [1.29, 1.82) is 5.26 Å². The second-order valence-electron chi connectivity index (χ2n) is 5.14. The first kappa shape index (κ1) is 16.8. The van der Waals surface area contributed by atoms with Crippen LogP contribution in [0.25, 0.3) is 0 Å². The number of hydrogen-bond acceptors (Lipinski definition) is 3. The van der Waals surface area contributed by atoms with Crippen LogP contribution in [0.5, 0.6) is 0 Å². The van der Waals surface area contributed by atoms with Crippen LogP contribution in [0.3, 0.4) is 0 Å². The zero-order valence-corrected chi connectivity index (χ0v) is 13.8. The highest BCUT2D eigenvalue weighted by Crippen LogP contribution is 2.24. The van der Waals surface area contributed by atoms with Gasteiger partial charge in [0.05, 0.1) is 29.6 Å².